The van der Waals surface area contributed by atoms with Crippen LogP contribution >= 0.6 is 24.8 Å². The van der Waals surface area contributed by atoms with Crippen LogP contribution in [0, 0.1) is 0 Å². The van der Waals surface area contributed by atoms with Gasteiger partial charge in [0.05, 0.1) is 5.54 Å². The second kappa shape index (κ2) is 8.04. The summed E-state index contributed by atoms with van der Waals surface area (Å²) in [6, 6.07) is 10.6. The SMILES string of the molecule is Cl.Cl.NC1(C(=O)NC2CCN(c3ccccc3)C2)CCCC1. The maximum atomic E-state index is 12.3. The molecule has 3 N–H and O–H groups in total. The number of halogens is 2. The van der Waals surface area contributed by atoms with Gasteiger partial charge in [-0.25, -0.2) is 0 Å². The quantitative estimate of drug-likeness (QED) is 0.884. The van der Waals surface area contributed by atoms with E-state index in [2.05, 4.69) is 34.5 Å². The van der Waals surface area contributed by atoms with Crippen molar-refractivity contribution in [3.05, 3.63) is 30.3 Å². The normalized spacial score (nSPS) is 22.6. The molecule has 3 rings (SSSR count). The zero-order valence-corrected chi connectivity index (χ0v) is 14.3. The summed E-state index contributed by atoms with van der Waals surface area (Å²) in [6.45, 7) is 1.87. The highest BCUT2D eigenvalue weighted by Crippen LogP contribution is 2.28. The first-order chi connectivity index (χ1) is 9.67. The average Bonchev–Trinajstić information content (AvgIpc) is 3.10. The molecule has 1 aromatic rings. The fourth-order valence-corrected chi connectivity index (χ4v) is 3.31. The minimum absolute atomic E-state index is 0. The molecule has 1 amide bonds. The third-order valence-corrected chi connectivity index (χ3v) is 4.59. The van der Waals surface area contributed by atoms with Crippen LogP contribution in [-0.2, 0) is 4.79 Å². The first kappa shape index (κ1) is 19.1. The number of nitrogens with zero attached hydrogens (tertiary/aromatic N) is 1. The lowest BCUT2D eigenvalue weighted by Crippen LogP contribution is -2.54. The van der Waals surface area contributed by atoms with Crippen molar-refractivity contribution in [2.75, 3.05) is 18.0 Å². The van der Waals surface area contributed by atoms with Crippen LogP contribution in [0.1, 0.15) is 32.1 Å². The number of para-hydroxylation sites is 1. The lowest BCUT2D eigenvalue weighted by Gasteiger charge is -2.25. The van der Waals surface area contributed by atoms with Crippen LogP contribution in [0.2, 0.25) is 0 Å². The van der Waals surface area contributed by atoms with Crippen molar-refractivity contribution in [3.63, 3.8) is 0 Å². The molecular weight excluding hydrogens is 321 g/mol. The van der Waals surface area contributed by atoms with Crippen molar-refractivity contribution in [3.8, 4) is 0 Å². The number of anilines is 1. The molecular formula is C16H25Cl2N3O. The van der Waals surface area contributed by atoms with E-state index in [1.165, 1.54) is 5.69 Å². The van der Waals surface area contributed by atoms with E-state index >= 15 is 0 Å². The summed E-state index contributed by atoms with van der Waals surface area (Å²) in [6.07, 6.45) is 4.80. The summed E-state index contributed by atoms with van der Waals surface area (Å²) in [7, 11) is 0. The number of carbonyl (C=O) groups is 1. The van der Waals surface area contributed by atoms with Gasteiger partial charge in [0.1, 0.15) is 0 Å². The molecule has 1 saturated carbocycles. The molecule has 4 nitrogen and oxygen atoms in total. The zero-order valence-electron chi connectivity index (χ0n) is 12.7. The number of amides is 1. The molecule has 1 heterocycles. The Balaban J connectivity index is 0.00000121. The van der Waals surface area contributed by atoms with E-state index in [1.807, 2.05) is 6.07 Å². The van der Waals surface area contributed by atoms with Crippen molar-refractivity contribution in [1.29, 1.82) is 0 Å². The maximum absolute atomic E-state index is 12.3. The minimum Gasteiger partial charge on any atom is -0.369 e. The van der Waals surface area contributed by atoms with Crippen molar-refractivity contribution in [2.24, 2.45) is 5.73 Å². The smallest absolute Gasteiger partial charge is 0.240 e. The van der Waals surface area contributed by atoms with Crippen molar-refractivity contribution >= 4 is 36.4 Å². The Morgan fingerprint density at radius 3 is 2.45 bits per heavy atom. The van der Waals surface area contributed by atoms with E-state index in [0.29, 0.717) is 0 Å². The number of carbonyl (C=O) groups excluding carboxylic acids is 1. The van der Waals surface area contributed by atoms with E-state index in [4.69, 9.17) is 5.73 Å². The standard InChI is InChI=1S/C16H23N3O.2ClH/c17-16(9-4-5-10-16)15(20)18-13-8-11-19(12-13)14-6-2-1-3-7-14;;/h1-3,6-7,13H,4-5,8-12,17H2,(H,18,20);2*1H. The molecule has 1 atom stereocenters. The average molecular weight is 346 g/mol. The highest BCUT2D eigenvalue weighted by atomic mass is 35.5. The number of hydrogen-bond donors (Lipinski definition) is 2. The predicted octanol–water partition coefficient (Wildman–Crippen LogP) is 2.50. The predicted molar refractivity (Wildman–Crippen MR) is 95.1 cm³/mol. The van der Waals surface area contributed by atoms with Gasteiger partial charge in [-0.05, 0) is 31.4 Å². The number of benzene rings is 1. The van der Waals surface area contributed by atoms with Crippen LogP contribution in [0.15, 0.2) is 30.3 Å². The topological polar surface area (TPSA) is 58.4 Å². The number of nitrogens with one attached hydrogen (secondary N) is 1. The number of nitrogens with two attached hydrogens (primary N) is 1. The molecule has 0 aromatic heterocycles. The van der Waals surface area contributed by atoms with Gasteiger partial charge >= 0.3 is 0 Å². The molecule has 2 aliphatic rings. The Labute approximate surface area is 144 Å². The highest BCUT2D eigenvalue weighted by molar-refractivity contribution is 5.86. The molecule has 22 heavy (non-hydrogen) atoms. The molecule has 0 spiro atoms. The van der Waals surface area contributed by atoms with Gasteiger partial charge in [-0.3, -0.25) is 4.79 Å². The Morgan fingerprint density at radius 2 is 1.82 bits per heavy atom. The van der Waals surface area contributed by atoms with Gasteiger partial charge in [-0.2, -0.15) is 0 Å². The molecule has 1 aliphatic heterocycles. The Bertz CT molecular complexity index is 478. The molecule has 2 fully saturated rings. The van der Waals surface area contributed by atoms with E-state index in [-0.39, 0.29) is 36.8 Å². The van der Waals surface area contributed by atoms with E-state index < -0.39 is 5.54 Å². The Hall–Kier alpha value is -0.970. The second-order valence-corrected chi connectivity index (χ2v) is 6.10. The molecule has 124 valence electrons. The summed E-state index contributed by atoms with van der Waals surface area (Å²) in [5.41, 5.74) is 6.82. The Morgan fingerprint density at radius 1 is 1.18 bits per heavy atom. The van der Waals surface area contributed by atoms with Gasteiger partial charge in [0, 0.05) is 24.8 Å². The minimum atomic E-state index is -0.611. The summed E-state index contributed by atoms with van der Waals surface area (Å²) in [4.78, 5) is 14.6. The van der Waals surface area contributed by atoms with Crippen molar-refractivity contribution < 1.29 is 4.79 Å². The van der Waals surface area contributed by atoms with E-state index in [0.717, 1.165) is 45.2 Å². The fraction of sp³-hybridized carbons (Fsp3) is 0.562. The summed E-state index contributed by atoms with van der Waals surface area (Å²) >= 11 is 0. The van der Waals surface area contributed by atoms with E-state index in [9.17, 15) is 4.79 Å². The van der Waals surface area contributed by atoms with Gasteiger partial charge in [-0.1, -0.05) is 31.0 Å². The zero-order chi connectivity index (χ0) is 14.0. The molecule has 0 bridgehead atoms. The van der Waals surface area contributed by atoms with Crippen molar-refractivity contribution in [1.82, 2.24) is 5.32 Å². The van der Waals surface area contributed by atoms with Crippen LogP contribution in [0.25, 0.3) is 0 Å². The van der Waals surface area contributed by atoms with Gasteiger partial charge in [0.25, 0.3) is 0 Å². The molecule has 1 unspecified atom stereocenters. The largest absolute Gasteiger partial charge is 0.369 e. The van der Waals surface area contributed by atoms with Crippen LogP contribution in [0.3, 0.4) is 0 Å². The van der Waals surface area contributed by atoms with E-state index in [1.54, 1.807) is 0 Å². The monoisotopic (exact) mass is 345 g/mol. The lowest BCUT2D eigenvalue weighted by atomic mass is 9.97. The summed E-state index contributed by atoms with van der Waals surface area (Å²) in [5.74, 6) is 0.0508. The van der Waals surface area contributed by atoms with Crippen LogP contribution in [0.5, 0.6) is 0 Å². The van der Waals surface area contributed by atoms with Crippen LogP contribution in [0.4, 0.5) is 5.69 Å². The van der Waals surface area contributed by atoms with Crippen molar-refractivity contribution in [2.45, 2.75) is 43.7 Å². The molecule has 1 aromatic carbocycles. The lowest BCUT2D eigenvalue weighted by molar-refractivity contribution is -0.126. The first-order valence-corrected chi connectivity index (χ1v) is 7.57. The number of hydrogen-bond acceptors (Lipinski definition) is 3. The van der Waals surface area contributed by atoms with Crippen LogP contribution < -0.4 is 16.0 Å². The van der Waals surface area contributed by atoms with Gasteiger partial charge in [-0.15, -0.1) is 24.8 Å². The van der Waals surface area contributed by atoms with Gasteiger partial charge in [0.2, 0.25) is 5.91 Å². The summed E-state index contributed by atoms with van der Waals surface area (Å²) < 4.78 is 0. The molecule has 1 aliphatic carbocycles. The molecule has 0 radical (unpaired) electrons. The third-order valence-electron chi connectivity index (χ3n) is 4.59. The Kier molecular flexibility index (Phi) is 6.98. The van der Waals surface area contributed by atoms with Gasteiger partial charge in [0.15, 0.2) is 0 Å². The van der Waals surface area contributed by atoms with Gasteiger partial charge < -0.3 is 16.0 Å². The molecule has 6 heteroatoms. The number of rotatable bonds is 3. The maximum Gasteiger partial charge on any atom is 0.240 e. The third kappa shape index (κ3) is 4.06. The fourth-order valence-electron chi connectivity index (χ4n) is 3.31. The second-order valence-electron chi connectivity index (χ2n) is 6.10. The highest BCUT2D eigenvalue weighted by Gasteiger charge is 2.38. The van der Waals surface area contributed by atoms with Crippen LogP contribution in [-0.4, -0.2) is 30.6 Å². The first-order valence-electron chi connectivity index (χ1n) is 7.57. The molecule has 1 saturated heterocycles. The summed E-state index contributed by atoms with van der Waals surface area (Å²) in [5, 5.41) is 3.16.